The van der Waals surface area contributed by atoms with Gasteiger partial charge < -0.3 is 4.57 Å². The first-order chi connectivity index (χ1) is 8.34. The number of halogens is 1. The van der Waals surface area contributed by atoms with Gasteiger partial charge in [-0.25, -0.2) is 0 Å². The summed E-state index contributed by atoms with van der Waals surface area (Å²) in [6.45, 7) is 0.773. The zero-order valence-electron chi connectivity index (χ0n) is 9.18. The Kier molecular flexibility index (Phi) is 2.57. The molecule has 0 saturated heterocycles. The minimum Gasteiger partial charge on any atom is -0.343 e. The van der Waals surface area contributed by atoms with E-state index in [4.69, 9.17) is 11.6 Å². The number of benzene rings is 1. The molecule has 17 heavy (non-hydrogen) atoms. The predicted octanol–water partition coefficient (Wildman–Crippen LogP) is 3.74. The molecule has 0 radical (unpaired) electrons. The molecule has 84 valence electrons. The zero-order valence-corrected chi connectivity index (χ0v) is 9.93. The summed E-state index contributed by atoms with van der Waals surface area (Å²) in [4.78, 5) is 4.00. The summed E-state index contributed by atoms with van der Waals surface area (Å²) in [7, 11) is 0. The first kappa shape index (κ1) is 10.4. The van der Waals surface area contributed by atoms with Crippen molar-refractivity contribution in [2.75, 3.05) is 0 Å². The third-order valence-corrected chi connectivity index (χ3v) is 3.22. The van der Waals surface area contributed by atoms with E-state index in [2.05, 4.69) is 33.9 Å². The molecule has 0 fully saturated rings. The van der Waals surface area contributed by atoms with E-state index in [9.17, 15) is 0 Å². The van der Waals surface area contributed by atoms with Gasteiger partial charge >= 0.3 is 0 Å². The van der Waals surface area contributed by atoms with Crippen molar-refractivity contribution in [2.45, 2.75) is 6.54 Å². The van der Waals surface area contributed by atoms with Gasteiger partial charge in [-0.2, -0.15) is 0 Å². The lowest BCUT2D eigenvalue weighted by atomic mass is 10.2. The summed E-state index contributed by atoms with van der Waals surface area (Å²) < 4.78 is 2.19. The molecular formula is C14H11ClN2. The molecule has 0 aliphatic rings. The van der Waals surface area contributed by atoms with Gasteiger partial charge in [-0.05, 0) is 29.1 Å². The fraction of sp³-hybridized carbons (Fsp3) is 0.0714. The molecule has 2 nitrogen and oxygen atoms in total. The minimum atomic E-state index is 0.713. The number of nitrogens with zero attached hydrogens (tertiary/aromatic N) is 2. The monoisotopic (exact) mass is 242 g/mol. The summed E-state index contributed by atoms with van der Waals surface area (Å²) >= 11 is 6.12. The van der Waals surface area contributed by atoms with Crippen molar-refractivity contribution in [3.8, 4) is 0 Å². The van der Waals surface area contributed by atoms with E-state index in [0.29, 0.717) is 5.02 Å². The first-order valence-electron chi connectivity index (χ1n) is 5.47. The number of hydrogen-bond donors (Lipinski definition) is 0. The summed E-state index contributed by atoms with van der Waals surface area (Å²) in [5.74, 6) is 0. The van der Waals surface area contributed by atoms with Crippen molar-refractivity contribution in [1.29, 1.82) is 0 Å². The molecule has 1 aromatic carbocycles. The maximum absolute atomic E-state index is 6.12. The van der Waals surface area contributed by atoms with Crippen LogP contribution in [0.5, 0.6) is 0 Å². The molecule has 3 aromatic rings. The number of pyridine rings is 1. The summed E-state index contributed by atoms with van der Waals surface area (Å²) in [5.41, 5.74) is 2.31. The number of rotatable bonds is 2. The van der Waals surface area contributed by atoms with Gasteiger partial charge in [-0.15, -0.1) is 0 Å². The quantitative estimate of drug-likeness (QED) is 0.669. The normalized spacial score (nSPS) is 10.9. The molecule has 0 atom stereocenters. The summed E-state index contributed by atoms with van der Waals surface area (Å²) in [6, 6.07) is 12.4. The topological polar surface area (TPSA) is 17.8 Å². The van der Waals surface area contributed by atoms with E-state index in [1.165, 1.54) is 10.9 Å². The molecule has 0 spiro atoms. The van der Waals surface area contributed by atoms with Crippen LogP contribution in [0.1, 0.15) is 5.56 Å². The molecular weight excluding hydrogens is 232 g/mol. The summed E-state index contributed by atoms with van der Waals surface area (Å²) in [5, 5.41) is 1.96. The lowest BCUT2D eigenvalue weighted by Gasteiger charge is -2.06. The van der Waals surface area contributed by atoms with Crippen LogP contribution in [0, 0.1) is 0 Å². The fourth-order valence-corrected chi connectivity index (χ4v) is 2.17. The number of para-hydroxylation sites is 1. The van der Waals surface area contributed by atoms with Gasteiger partial charge in [-0.3, -0.25) is 4.98 Å². The first-order valence-corrected chi connectivity index (χ1v) is 5.84. The molecule has 0 saturated carbocycles. The van der Waals surface area contributed by atoms with Gasteiger partial charge in [0, 0.05) is 30.7 Å². The molecule has 2 aromatic heterocycles. The Bertz CT molecular complexity index is 658. The molecule has 0 N–H and O–H groups in total. The van der Waals surface area contributed by atoms with E-state index >= 15 is 0 Å². The van der Waals surface area contributed by atoms with Gasteiger partial charge in [0.25, 0.3) is 0 Å². The second-order valence-electron chi connectivity index (χ2n) is 3.97. The predicted molar refractivity (Wildman–Crippen MR) is 70.3 cm³/mol. The third kappa shape index (κ3) is 1.92. The maximum atomic E-state index is 6.12. The van der Waals surface area contributed by atoms with E-state index in [-0.39, 0.29) is 0 Å². The van der Waals surface area contributed by atoms with Crippen LogP contribution < -0.4 is 0 Å². The molecule has 2 heterocycles. The van der Waals surface area contributed by atoms with Crippen molar-refractivity contribution in [3.63, 3.8) is 0 Å². The van der Waals surface area contributed by atoms with Crippen LogP contribution in [0.3, 0.4) is 0 Å². The smallest absolute Gasteiger partial charge is 0.0639 e. The molecule has 0 unspecified atom stereocenters. The molecule has 0 amide bonds. The average molecular weight is 243 g/mol. The average Bonchev–Trinajstić information content (AvgIpc) is 2.76. The van der Waals surface area contributed by atoms with Crippen molar-refractivity contribution < 1.29 is 0 Å². The highest BCUT2D eigenvalue weighted by atomic mass is 35.5. The fourth-order valence-electron chi connectivity index (χ4n) is 1.99. The van der Waals surface area contributed by atoms with E-state index in [1.54, 1.807) is 12.4 Å². The largest absolute Gasteiger partial charge is 0.343 e. The van der Waals surface area contributed by atoms with Gasteiger partial charge in [0.2, 0.25) is 0 Å². The maximum Gasteiger partial charge on any atom is 0.0639 e. The number of aromatic nitrogens is 2. The molecule has 3 heteroatoms. The Balaban J connectivity index is 2.03. The van der Waals surface area contributed by atoms with Crippen LogP contribution in [0.15, 0.2) is 55.0 Å². The SMILES string of the molecule is Clc1cnccc1Cn1ccc2ccccc21. The molecule has 3 rings (SSSR count). The molecule has 0 aliphatic carbocycles. The van der Waals surface area contributed by atoms with Crippen LogP contribution >= 0.6 is 11.6 Å². The highest BCUT2D eigenvalue weighted by Crippen LogP contribution is 2.19. The third-order valence-electron chi connectivity index (χ3n) is 2.88. The zero-order chi connectivity index (χ0) is 11.7. The van der Waals surface area contributed by atoms with E-state index < -0.39 is 0 Å². The lowest BCUT2D eigenvalue weighted by molar-refractivity contribution is 0.835. The Labute approximate surface area is 104 Å². The van der Waals surface area contributed by atoms with Gasteiger partial charge in [0.05, 0.1) is 5.02 Å². The van der Waals surface area contributed by atoms with Gasteiger partial charge in [-0.1, -0.05) is 29.8 Å². The standard InChI is InChI=1S/C14H11ClN2/c15-13-9-16-7-5-12(13)10-17-8-6-11-3-1-2-4-14(11)17/h1-9H,10H2. The van der Waals surface area contributed by atoms with Crippen LogP contribution in [0.25, 0.3) is 10.9 Å². The van der Waals surface area contributed by atoms with Crippen LogP contribution in [0.2, 0.25) is 5.02 Å². The van der Waals surface area contributed by atoms with Crippen molar-refractivity contribution in [1.82, 2.24) is 9.55 Å². The van der Waals surface area contributed by atoms with Crippen LogP contribution in [-0.4, -0.2) is 9.55 Å². The Hall–Kier alpha value is -1.80. The van der Waals surface area contributed by atoms with Gasteiger partial charge in [0.15, 0.2) is 0 Å². The van der Waals surface area contributed by atoms with Crippen LogP contribution in [-0.2, 0) is 6.54 Å². The lowest BCUT2D eigenvalue weighted by Crippen LogP contribution is -1.98. The Morgan fingerprint density at radius 1 is 1.12 bits per heavy atom. The second-order valence-corrected chi connectivity index (χ2v) is 4.38. The van der Waals surface area contributed by atoms with Crippen molar-refractivity contribution in [2.24, 2.45) is 0 Å². The molecule has 0 bridgehead atoms. The number of hydrogen-bond acceptors (Lipinski definition) is 1. The van der Waals surface area contributed by atoms with Crippen molar-refractivity contribution >= 4 is 22.5 Å². The highest BCUT2D eigenvalue weighted by molar-refractivity contribution is 6.31. The highest BCUT2D eigenvalue weighted by Gasteiger charge is 2.03. The minimum absolute atomic E-state index is 0.713. The number of fused-ring (bicyclic) bond motifs is 1. The summed E-state index contributed by atoms with van der Waals surface area (Å²) in [6.07, 6.45) is 5.54. The molecule has 0 aliphatic heterocycles. The second kappa shape index (κ2) is 4.22. The van der Waals surface area contributed by atoms with Crippen LogP contribution in [0.4, 0.5) is 0 Å². The Morgan fingerprint density at radius 3 is 2.88 bits per heavy atom. The van der Waals surface area contributed by atoms with Gasteiger partial charge in [0.1, 0.15) is 0 Å². The van der Waals surface area contributed by atoms with E-state index in [0.717, 1.165) is 12.1 Å². The van der Waals surface area contributed by atoms with Crippen molar-refractivity contribution in [3.05, 3.63) is 65.6 Å². The Morgan fingerprint density at radius 2 is 2.00 bits per heavy atom. The van der Waals surface area contributed by atoms with E-state index in [1.807, 2.05) is 18.2 Å².